The first kappa shape index (κ1) is 28.5. The van der Waals surface area contributed by atoms with Crippen molar-refractivity contribution in [2.45, 2.75) is 45.3 Å². The molecule has 38 heavy (non-hydrogen) atoms. The zero-order valence-corrected chi connectivity index (χ0v) is 20.7. The number of rotatable bonds is 11. The Morgan fingerprint density at radius 2 is 1.82 bits per heavy atom. The lowest BCUT2D eigenvalue weighted by Crippen LogP contribution is -2.33. The van der Waals surface area contributed by atoms with Crippen LogP contribution in [-0.4, -0.2) is 69.3 Å². The van der Waals surface area contributed by atoms with Crippen LogP contribution in [0.4, 0.5) is 14.5 Å². The summed E-state index contributed by atoms with van der Waals surface area (Å²) in [6.07, 6.45) is -1.35. The number of nitrogens with one attached hydrogen (secondary N) is 4. The fourth-order valence-corrected chi connectivity index (χ4v) is 4.18. The van der Waals surface area contributed by atoms with Crippen LogP contribution in [-0.2, 0) is 14.4 Å². The number of benzene rings is 1. The summed E-state index contributed by atoms with van der Waals surface area (Å²) in [5, 5.41) is 35.8. The molecule has 3 rings (SSSR count). The number of aromatic amines is 1. The molecule has 1 aliphatic heterocycles. The number of H-pyrrole nitrogens is 1. The molecule has 7 N–H and O–H groups in total. The lowest BCUT2D eigenvalue weighted by molar-refractivity contribution is -0.138. The fraction of sp³-hybridized carbons (Fsp3) is 0.360. The Balaban J connectivity index is 1.60. The number of aliphatic hydroxyl groups is 2. The molecule has 0 saturated carbocycles. The number of carboxylic acid groups (broad SMARTS) is 1. The number of hydrogen-bond acceptors (Lipinski definition) is 6. The smallest absolute Gasteiger partial charge is 0.322 e. The van der Waals surface area contributed by atoms with Crippen molar-refractivity contribution in [3.63, 3.8) is 0 Å². The Bertz CT molecular complexity index is 1310. The molecule has 0 aliphatic carbocycles. The number of anilines is 1. The maximum atomic E-state index is 14.4. The number of carbonyl (C=O) groups excluding carboxylic acids is 3. The predicted molar refractivity (Wildman–Crippen MR) is 132 cm³/mol. The van der Waals surface area contributed by atoms with E-state index in [1.165, 1.54) is 12.1 Å². The zero-order chi connectivity index (χ0) is 28.1. The molecule has 3 amide bonds. The Morgan fingerprint density at radius 1 is 1.11 bits per heavy atom. The van der Waals surface area contributed by atoms with Crippen LogP contribution >= 0.6 is 0 Å². The molecule has 2 heterocycles. The molecular formula is C25H28F2N4O7. The number of carbonyl (C=O) groups is 4. The molecule has 2 aromatic rings. The monoisotopic (exact) mass is 534 g/mol. The highest BCUT2D eigenvalue weighted by Gasteiger charge is 2.30. The van der Waals surface area contributed by atoms with Crippen LogP contribution in [0, 0.1) is 25.5 Å². The van der Waals surface area contributed by atoms with Gasteiger partial charge in [0.25, 0.3) is 11.8 Å². The molecule has 204 valence electrons. The lowest BCUT2D eigenvalue weighted by Gasteiger charge is -2.15. The fourth-order valence-electron chi connectivity index (χ4n) is 4.18. The normalized spacial score (nSPS) is 15.1. The molecule has 1 aliphatic rings. The van der Waals surface area contributed by atoms with Crippen molar-refractivity contribution in [2.24, 2.45) is 0 Å². The van der Waals surface area contributed by atoms with Gasteiger partial charge in [0.05, 0.1) is 35.5 Å². The highest BCUT2D eigenvalue weighted by molar-refractivity contribution is 6.35. The molecule has 2 atom stereocenters. The highest BCUT2D eigenvalue weighted by atomic mass is 19.2. The molecule has 0 bridgehead atoms. The van der Waals surface area contributed by atoms with Crippen LogP contribution < -0.4 is 16.0 Å². The van der Waals surface area contributed by atoms with Gasteiger partial charge in [-0.3, -0.25) is 19.2 Å². The molecule has 13 heteroatoms. The van der Waals surface area contributed by atoms with E-state index in [2.05, 4.69) is 20.9 Å². The molecule has 1 aromatic heterocycles. The van der Waals surface area contributed by atoms with E-state index < -0.39 is 54.1 Å². The lowest BCUT2D eigenvalue weighted by atomic mass is 10.0. The first-order chi connectivity index (χ1) is 17.9. The Labute approximate surface area is 215 Å². The van der Waals surface area contributed by atoms with Crippen molar-refractivity contribution in [3.05, 3.63) is 51.8 Å². The summed E-state index contributed by atoms with van der Waals surface area (Å²) in [4.78, 5) is 50.2. The molecular weight excluding hydrogens is 506 g/mol. The Kier molecular flexibility index (Phi) is 8.96. The Morgan fingerprint density at radius 3 is 2.50 bits per heavy atom. The third-order valence-corrected chi connectivity index (χ3v) is 6.01. The van der Waals surface area contributed by atoms with E-state index in [1.54, 1.807) is 13.8 Å². The number of aliphatic hydroxyl groups excluding tert-OH is 2. The van der Waals surface area contributed by atoms with Crippen molar-refractivity contribution in [2.75, 3.05) is 18.4 Å². The van der Waals surface area contributed by atoms with Crippen LogP contribution in [0.5, 0.6) is 0 Å². The summed E-state index contributed by atoms with van der Waals surface area (Å²) < 4.78 is 28.1. The van der Waals surface area contributed by atoms with Gasteiger partial charge in [-0.15, -0.1) is 0 Å². The summed E-state index contributed by atoms with van der Waals surface area (Å²) in [6.45, 7) is 2.72. The number of halogens is 2. The van der Waals surface area contributed by atoms with Crippen LogP contribution in [0.2, 0.25) is 0 Å². The molecule has 0 unspecified atom stereocenters. The number of amides is 3. The van der Waals surface area contributed by atoms with E-state index >= 15 is 0 Å². The van der Waals surface area contributed by atoms with Gasteiger partial charge in [0.2, 0.25) is 5.91 Å². The number of fused-ring (bicyclic) bond motifs is 1. The highest BCUT2D eigenvalue weighted by Crippen LogP contribution is 2.36. The Hall–Kier alpha value is -4.10. The standard InChI is InChI=1S/C25H28F2N4O7/c1-11-18(9-15-22-17(31-24(15)37)4-3-16(26)23(22)27)30-12(2)21(11)25(38)28-6-5-13(32)7-14(33)8-19(34)29-10-20(35)36/h3-4,9,13-14,30,32-33H,5-8,10H2,1-2H3,(H,28,38)(H,29,34)(H,31,37)(H,35,36)/b15-9-/t13-,14-/m1/s1. The quantitative estimate of drug-likeness (QED) is 0.212. The van der Waals surface area contributed by atoms with E-state index in [4.69, 9.17) is 5.11 Å². The van der Waals surface area contributed by atoms with Gasteiger partial charge in [-0.1, -0.05) is 0 Å². The number of aryl methyl sites for hydroxylation is 1. The van der Waals surface area contributed by atoms with Crippen LogP contribution in [0.25, 0.3) is 11.6 Å². The van der Waals surface area contributed by atoms with Gasteiger partial charge < -0.3 is 36.3 Å². The second-order valence-corrected chi connectivity index (χ2v) is 8.92. The van der Waals surface area contributed by atoms with Gasteiger partial charge >= 0.3 is 5.97 Å². The van der Waals surface area contributed by atoms with Gasteiger partial charge in [0.15, 0.2) is 11.6 Å². The van der Waals surface area contributed by atoms with Crippen molar-refractivity contribution < 1.29 is 43.3 Å². The summed E-state index contributed by atoms with van der Waals surface area (Å²) in [5.74, 6) is -5.24. The predicted octanol–water partition coefficient (Wildman–Crippen LogP) is 1.23. The van der Waals surface area contributed by atoms with Gasteiger partial charge in [-0.05, 0) is 50.5 Å². The molecule has 0 fully saturated rings. The average molecular weight is 535 g/mol. The topological polar surface area (TPSA) is 181 Å². The maximum absolute atomic E-state index is 14.4. The number of aromatic nitrogens is 1. The van der Waals surface area contributed by atoms with Crippen LogP contribution in [0.1, 0.15) is 52.1 Å². The summed E-state index contributed by atoms with van der Waals surface area (Å²) in [5.41, 5.74) is 1.43. The molecule has 1 aromatic carbocycles. The molecule has 0 saturated heterocycles. The van der Waals surface area contributed by atoms with Crippen LogP contribution in [0.15, 0.2) is 12.1 Å². The van der Waals surface area contributed by atoms with Crippen LogP contribution in [0.3, 0.4) is 0 Å². The largest absolute Gasteiger partial charge is 0.480 e. The summed E-state index contributed by atoms with van der Waals surface area (Å²) >= 11 is 0. The van der Waals surface area contributed by atoms with Crippen molar-refractivity contribution in [1.82, 2.24) is 15.6 Å². The van der Waals surface area contributed by atoms with Gasteiger partial charge in [0, 0.05) is 23.5 Å². The minimum Gasteiger partial charge on any atom is -0.480 e. The van der Waals surface area contributed by atoms with E-state index in [9.17, 15) is 38.2 Å². The number of aliphatic carboxylic acids is 1. The maximum Gasteiger partial charge on any atom is 0.322 e. The second-order valence-electron chi connectivity index (χ2n) is 8.92. The van der Waals surface area contributed by atoms with Gasteiger partial charge in [0.1, 0.15) is 6.54 Å². The minimum absolute atomic E-state index is 0.0404. The van der Waals surface area contributed by atoms with E-state index in [1.807, 2.05) is 0 Å². The van der Waals surface area contributed by atoms with E-state index in [0.29, 0.717) is 17.0 Å². The average Bonchev–Trinajstić information content (AvgIpc) is 3.29. The SMILES string of the molecule is Cc1[nH]c(/C=C2\C(=O)Nc3ccc(F)c(F)c32)c(C)c1C(=O)NCC[C@@H](O)C[C@@H](O)CC(=O)NCC(=O)O. The van der Waals surface area contributed by atoms with E-state index in [-0.39, 0.29) is 48.2 Å². The summed E-state index contributed by atoms with van der Waals surface area (Å²) in [7, 11) is 0. The second kappa shape index (κ2) is 12.0. The summed E-state index contributed by atoms with van der Waals surface area (Å²) in [6, 6.07) is 2.18. The van der Waals surface area contributed by atoms with Crippen molar-refractivity contribution in [1.29, 1.82) is 0 Å². The van der Waals surface area contributed by atoms with Crippen molar-refractivity contribution >= 4 is 41.0 Å². The first-order valence-electron chi connectivity index (χ1n) is 11.7. The van der Waals surface area contributed by atoms with Crippen molar-refractivity contribution in [3.8, 4) is 0 Å². The van der Waals surface area contributed by atoms with Gasteiger partial charge in [-0.25, -0.2) is 8.78 Å². The molecule has 0 spiro atoms. The minimum atomic E-state index is -1.22. The van der Waals surface area contributed by atoms with Gasteiger partial charge in [-0.2, -0.15) is 0 Å². The zero-order valence-electron chi connectivity index (χ0n) is 20.7. The number of carboxylic acids is 1. The molecule has 11 nitrogen and oxygen atoms in total. The van der Waals surface area contributed by atoms with E-state index in [0.717, 1.165) is 6.07 Å². The number of hydrogen-bond donors (Lipinski definition) is 7. The third-order valence-electron chi connectivity index (χ3n) is 6.01. The third kappa shape index (κ3) is 6.61. The molecule has 0 radical (unpaired) electrons. The first-order valence-corrected chi connectivity index (χ1v) is 11.7.